The molecule has 1 saturated heterocycles. The third-order valence-corrected chi connectivity index (χ3v) is 4.53. The number of hydrogen-bond acceptors (Lipinski definition) is 4. The lowest BCUT2D eigenvalue weighted by atomic mass is 10.2. The van der Waals surface area contributed by atoms with Crippen LogP contribution >= 0.6 is 24.0 Å². The van der Waals surface area contributed by atoms with E-state index in [0.29, 0.717) is 19.7 Å². The molecule has 0 atom stereocenters. The van der Waals surface area contributed by atoms with Gasteiger partial charge >= 0.3 is 0 Å². The average molecular weight is 535 g/mol. The lowest BCUT2D eigenvalue weighted by molar-refractivity contribution is -0.123. The van der Waals surface area contributed by atoms with Crippen LogP contribution in [0, 0.1) is 5.82 Å². The topological polar surface area (TPSA) is 69.2 Å². The molecule has 2 N–H and O–H groups in total. The maximum atomic E-state index is 14.1. The summed E-state index contributed by atoms with van der Waals surface area (Å²) in [5.41, 5.74) is 0.797. The van der Waals surface area contributed by atoms with Crippen molar-refractivity contribution in [3.8, 4) is 5.75 Å². The fourth-order valence-corrected chi connectivity index (χ4v) is 3.20. The SMILES string of the molecule is CCNC(=NCc1ccc(OCC)c(F)c1)N1CCN(CC(=O)NC(C)C)CC1.I. The Hall–Kier alpha value is -1.62. The molecule has 0 spiro atoms. The summed E-state index contributed by atoms with van der Waals surface area (Å²) in [7, 11) is 0. The van der Waals surface area contributed by atoms with Gasteiger partial charge in [-0.25, -0.2) is 9.38 Å². The molecule has 7 nitrogen and oxygen atoms in total. The minimum Gasteiger partial charge on any atom is -0.491 e. The summed E-state index contributed by atoms with van der Waals surface area (Å²) >= 11 is 0. The van der Waals surface area contributed by atoms with Crippen LogP contribution < -0.4 is 15.4 Å². The van der Waals surface area contributed by atoms with Crippen molar-refractivity contribution in [2.45, 2.75) is 40.3 Å². The molecule has 0 saturated carbocycles. The highest BCUT2D eigenvalue weighted by Gasteiger charge is 2.21. The van der Waals surface area contributed by atoms with Gasteiger partial charge in [0.25, 0.3) is 0 Å². The molecule has 170 valence electrons. The number of guanidine groups is 1. The van der Waals surface area contributed by atoms with Crippen LogP contribution in [0.2, 0.25) is 0 Å². The minimum absolute atomic E-state index is 0. The van der Waals surface area contributed by atoms with Gasteiger partial charge in [-0.15, -0.1) is 24.0 Å². The van der Waals surface area contributed by atoms with Gasteiger partial charge in [-0.2, -0.15) is 0 Å². The number of benzene rings is 1. The second kappa shape index (κ2) is 13.6. The van der Waals surface area contributed by atoms with Gasteiger partial charge in [0.15, 0.2) is 17.5 Å². The van der Waals surface area contributed by atoms with Crippen LogP contribution in [0.15, 0.2) is 23.2 Å². The molecule has 1 amide bonds. The summed E-state index contributed by atoms with van der Waals surface area (Å²) in [6.07, 6.45) is 0. The number of nitrogens with one attached hydrogen (secondary N) is 2. The lowest BCUT2D eigenvalue weighted by Crippen LogP contribution is -2.54. The Kier molecular flexibility index (Phi) is 12.0. The first-order chi connectivity index (χ1) is 13.9. The third-order valence-electron chi connectivity index (χ3n) is 4.53. The number of carbonyl (C=O) groups is 1. The number of halogens is 2. The first-order valence-corrected chi connectivity index (χ1v) is 10.4. The fraction of sp³-hybridized carbons (Fsp3) is 0.619. The Labute approximate surface area is 196 Å². The number of amides is 1. The zero-order chi connectivity index (χ0) is 21.2. The van der Waals surface area contributed by atoms with Gasteiger partial charge in [-0.05, 0) is 45.4 Å². The maximum Gasteiger partial charge on any atom is 0.234 e. The standard InChI is InChI=1S/C21H34FN5O2.HI/c1-5-23-21(24-14-17-7-8-19(29-6-2)18(22)13-17)27-11-9-26(10-12-27)15-20(28)25-16(3)4;/h7-8,13,16H,5-6,9-12,14-15H2,1-4H3,(H,23,24)(H,25,28);1H. The summed E-state index contributed by atoms with van der Waals surface area (Å²) in [5.74, 6) is 0.780. The van der Waals surface area contributed by atoms with E-state index < -0.39 is 0 Å². The van der Waals surface area contributed by atoms with Crippen LogP contribution in [0.3, 0.4) is 0 Å². The van der Waals surface area contributed by atoms with E-state index in [0.717, 1.165) is 44.2 Å². The van der Waals surface area contributed by atoms with Gasteiger partial charge in [0.2, 0.25) is 5.91 Å². The van der Waals surface area contributed by atoms with Crippen LogP contribution in [0.5, 0.6) is 5.75 Å². The van der Waals surface area contributed by atoms with Crippen molar-refractivity contribution in [3.63, 3.8) is 0 Å². The van der Waals surface area contributed by atoms with Gasteiger partial charge in [-0.1, -0.05) is 6.07 Å². The second-order valence-electron chi connectivity index (χ2n) is 7.35. The second-order valence-corrected chi connectivity index (χ2v) is 7.35. The van der Waals surface area contributed by atoms with E-state index in [1.807, 2.05) is 33.8 Å². The van der Waals surface area contributed by atoms with Gasteiger partial charge < -0.3 is 20.3 Å². The van der Waals surface area contributed by atoms with E-state index in [-0.39, 0.29) is 47.5 Å². The van der Waals surface area contributed by atoms with Crippen molar-refractivity contribution in [2.24, 2.45) is 4.99 Å². The molecule has 1 aromatic rings. The number of aliphatic imine (C=N–C) groups is 1. The third kappa shape index (κ3) is 8.63. The van der Waals surface area contributed by atoms with Crippen LogP contribution in [-0.2, 0) is 11.3 Å². The Balaban J connectivity index is 0.00000450. The zero-order valence-electron chi connectivity index (χ0n) is 18.4. The quantitative estimate of drug-likeness (QED) is 0.304. The average Bonchev–Trinajstić information content (AvgIpc) is 2.67. The molecule has 1 heterocycles. The Morgan fingerprint density at radius 3 is 2.50 bits per heavy atom. The fourth-order valence-electron chi connectivity index (χ4n) is 3.20. The van der Waals surface area contributed by atoms with E-state index in [4.69, 9.17) is 4.74 Å². The number of rotatable bonds is 8. The molecule has 0 unspecified atom stereocenters. The highest BCUT2D eigenvalue weighted by atomic mass is 127. The van der Waals surface area contributed by atoms with Crippen molar-refractivity contribution < 1.29 is 13.9 Å². The predicted octanol–water partition coefficient (Wildman–Crippen LogP) is 2.45. The molecule has 0 aliphatic carbocycles. The number of piperazine rings is 1. The molecule has 0 aromatic heterocycles. The van der Waals surface area contributed by atoms with Crippen LogP contribution in [-0.4, -0.2) is 73.6 Å². The molecule has 1 aliphatic heterocycles. The first-order valence-electron chi connectivity index (χ1n) is 10.4. The van der Waals surface area contributed by atoms with Crippen molar-refractivity contribution >= 4 is 35.8 Å². The number of ether oxygens (including phenoxy) is 1. The van der Waals surface area contributed by atoms with Crippen molar-refractivity contribution in [3.05, 3.63) is 29.6 Å². The predicted molar refractivity (Wildman–Crippen MR) is 129 cm³/mol. The molecule has 30 heavy (non-hydrogen) atoms. The van der Waals surface area contributed by atoms with E-state index in [9.17, 15) is 9.18 Å². The van der Waals surface area contributed by atoms with Gasteiger partial charge in [0.1, 0.15) is 0 Å². The molecule has 0 bridgehead atoms. The monoisotopic (exact) mass is 535 g/mol. The smallest absolute Gasteiger partial charge is 0.234 e. The largest absolute Gasteiger partial charge is 0.491 e. The van der Waals surface area contributed by atoms with Crippen LogP contribution in [0.25, 0.3) is 0 Å². The summed E-state index contributed by atoms with van der Waals surface area (Å²) in [4.78, 5) is 21.0. The Morgan fingerprint density at radius 1 is 1.23 bits per heavy atom. The van der Waals surface area contributed by atoms with Gasteiger partial charge in [0, 0.05) is 38.8 Å². The molecule has 0 radical (unpaired) electrons. The summed E-state index contributed by atoms with van der Waals surface area (Å²) in [6.45, 7) is 13.0. The molecule has 1 fully saturated rings. The summed E-state index contributed by atoms with van der Waals surface area (Å²) in [5, 5.41) is 6.24. The molecular weight excluding hydrogens is 500 g/mol. The lowest BCUT2D eigenvalue weighted by Gasteiger charge is -2.36. The molecule has 1 aliphatic rings. The number of hydrogen-bond donors (Lipinski definition) is 2. The zero-order valence-corrected chi connectivity index (χ0v) is 20.7. The van der Waals surface area contributed by atoms with E-state index >= 15 is 0 Å². The van der Waals surface area contributed by atoms with Crippen LogP contribution in [0.1, 0.15) is 33.3 Å². The van der Waals surface area contributed by atoms with E-state index in [1.54, 1.807) is 6.07 Å². The highest BCUT2D eigenvalue weighted by molar-refractivity contribution is 14.0. The Bertz CT molecular complexity index is 694. The number of nitrogens with zero attached hydrogens (tertiary/aromatic N) is 3. The van der Waals surface area contributed by atoms with Crippen molar-refractivity contribution in [1.29, 1.82) is 0 Å². The molecule has 1 aromatic carbocycles. The summed E-state index contributed by atoms with van der Waals surface area (Å²) in [6, 6.07) is 5.12. The number of carbonyl (C=O) groups excluding carboxylic acids is 1. The van der Waals surface area contributed by atoms with E-state index in [1.165, 1.54) is 6.07 Å². The molecular formula is C21H35FIN5O2. The minimum atomic E-state index is -0.363. The maximum absolute atomic E-state index is 14.1. The van der Waals surface area contributed by atoms with E-state index in [2.05, 4.69) is 25.4 Å². The normalized spacial score (nSPS) is 15.0. The van der Waals surface area contributed by atoms with Gasteiger partial charge in [-0.3, -0.25) is 9.69 Å². The van der Waals surface area contributed by atoms with Crippen LogP contribution in [0.4, 0.5) is 4.39 Å². The van der Waals surface area contributed by atoms with Gasteiger partial charge in [0.05, 0.1) is 19.7 Å². The first kappa shape index (κ1) is 26.4. The summed E-state index contributed by atoms with van der Waals surface area (Å²) < 4.78 is 19.3. The highest BCUT2D eigenvalue weighted by Crippen LogP contribution is 2.19. The van der Waals surface area contributed by atoms with Crippen molar-refractivity contribution in [1.82, 2.24) is 20.4 Å². The van der Waals surface area contributed by atoms with Crippen molar-refractivity contribution in [2.75, 3.05) is 45.9 Å². The molecule has 2 rings (SSSR count). The molecule has 9 heteroatoms. The Morgan fingerprint density at radius 2 is 1.93 bits per heavy atom.